The molecule has 0 bridgehead atoms. The van der Waals surface area contributed by atoms with Crippen LogP contribution in [0.25, 0.3) is 0 Å². The minimum Gasteiger partial charge on any atom is -0.462 e. The molecule has 1 heterocycles. The lowest BCUT2D eigenvalue weighted by atomic mass is 10.0. The highest BCUT2D eigenvalue weighted by atomic mass is 35.5. The molecular weight excluding hydrogens is 370 g/mol. The molecule has 0 radical (unpaired) electrons. The van der Waals surface area contributed by atoms with E-state index in [0.29, 0.717) is 28.0 Å². The molecule has 5 nitrogen and oxygen atoms in total. The lowest BCUT2D eigenvalue weighted by Gasteiger charge is -2.30. The van der Waals surface area contributed by atoms with Gasteiger partial charge in [-0.2, -0.15) is 0 Å². The van der Waals surface area contributed by atoms with E-state index in [0.717, 1.165) is 25.4 Å². The van der Waals surface area contributed by atoms with Crippen molar-refractivity contribution < 1.29 is 9.53 Å². The second kappa shape index (κ2) is 10.7. The standard InChI is InChI=1S/C19H28ClN3O2S/c1-3-25-18(24)16-12-15(7-8-17(16)20)22-19(26)21-9-5-11-23-10-4-6-14(2)13-23/h7-8,12,14H,3-6,9-11,13H2,1-2H3,(H2,21,22,26)/t14-/m0/s1. The third-order valence-electron chi connectivity index (χ3n) is 4.40. The Morgan fingerprint density at radius 3 is 3.00 bits per heavy atom. The fourth-order valence-electron chi connectivity index (χ4n) is 3.14. The van der Waals surface area contributed by atoms with Gasteiger partial charge in [0, 0.05) is 18.8 Å². The lowest BCUT2D eigenvalue weighted by Crippen LogP contribution is -2.37. The van der Waals surface area contributed by atoms with Crippen LogP contribution in [0.4, 0.5) is 5.69 Å². The molecule has 7 heteroatoms. The SMILES string of the molecule is CCOC(=O)c1cc(NC(=S)NCCCN2CCC[C@H](C)C2)ccc1Cl. The number of benzene rings is 1. The molecular formula is C19H28ClN3O2S. The highest BCUT2D eigenvalue weighted by Gasteiger charge is 2.15. The molecule has 0 unspecified atom stereocenters. The van der Waals surface area contributed by atoms with Crippen molar-refractivity contribution in [2.75, 3.05) is 38.1 Å². The molecule has 26 heavy (non-hydrogen) atoms. The maximum Gasteiger partial charge on any atom is 0.339 e. The fraction of sp³-hybridized carbons (Fsp3) is 0.579. The minimum atomic E-state index is -0.434. The number of halogens is 1. The third kappa shape index (κ3) is 6.74. The van der Waals surface area contributed by atoms with E-state index in [9.17, 15) is 4.79 Å². The van der Waals surface area contributed by atoms with Gasteiger partial charge in [-0.05, 0) is 75.6 Å². The molecule has 1 aromatic rings. The molecule has 0 amide bonds. The second-order valence-corrected chi connectivity index (χ2v) is 7.51. The Morgan fingerprint density at radius 2 is 2.27 bits per heavy atom. The number of carbonyl (C=O) groups is 1. The predicted molar refractivity (Wildman–Crippen MR) is 111 cm³/mol. The van der Waals surface area contributed by atoms with Crippen molar-refractivity contribution in [1.29, 1.82) is 0 Å². The van der Waals surface area contributed by atoms with Gasteiger partial charge in [-0.3, -0.25) is 0 Å². The van der Waals surface area contributed by atoms with Crippen LogP contribution in [0.3, 0.4) is 0 Å². The number of hydrogen-bond acceptors (Lipinski definition) is 4. The van der Waals surface area contributed by atoms with Gasteiger partial charge in [-0.1, -0.05) is 18.5 Å². The number of anilines is 1. The average Bonchev–Trinajstić information content (AvgIpc) is 2.60. The number of likely N-dealkylation sites (tertiary alicyclic amines) is 1. The van der Waals surface area contributed by atoms with Crippen molar-refractivity contribution in [2.24, 2.45) is 5.92 Å². The van der Waals surface area contributed by atoms with Crippen LogP contribution >= 0.6 is 23.8 Å². The summed E-state index contributed by atoms with van der Waals surface area (Å²) in [6, 6.07) is 5.11. The number of ether oxygens (including phenoxy) is 1. The Hall–Kier alpha value is -1.37. The molecule has 1 saturated heterocycles. The van der Waals surface area contributed by atoms with Crippen LogP contribution in [0.1, 0.15) is 43.5 Å². The normalized spacial score (nSPS) is 17.6. The average molecular weight is 398 g/mol. The zero-order chi connectivity index (χ0) is 18.9. The molecule has 1 aliphatic rings. The molecule has 0 aromatic heterocycles. The second-order valence-electron chi connectivity index (χ2n) is 6.70. The number of nitrogens with one attached hydrogen (secondary N) is 2. The zero-order valence-electron chi connectivity index (χ0n) is 15.5. The summed E-state index contributed by atoms with van der Waals surface area (Å²) in [5.41, 5.74) is 1.04. The van der Waals surface area contributed by atoms with E-state index < -0.39 is 5.97 Å². The van der Waals surface area contributed by atoms with E-state index in [1.165, 1.54) is 25.9 Å². The number of thiocarbonyl (C=S) groups is 1. The van der Waals surface area contributed by atoms with Crippen LogP contribution in [0.5, 0.6) is 0 Å². The van der Waals surface area contributed by atoms with Crippen LogP contribution in [0.15, 0.2) is 18.2 Å². The zero-order valence-corrected chi connectivity index (χ0v) is 17.1. The summed E-state index contributed by atoms with van der Waals surface area (Å²) in [5, 5.41) is 7.21. The first-order chi connectivity index (χ1) is 12.5. The van der Waals surface area contributed by atoms with Gasteiger partial charge in [0.25, 0.3) is 0 Å². The van der Waals surface area contributed by atoms with Crippen molar-refractivity contribution in [3.05, 3.63) is 28.8 Å². The summed E-state index contributed by atoms with van der Waals surface area (Å²) in [6.45, 7) is 8.70. The number of piperidine rings is 1. The number of hydrogen-bond donors (Lipinski definition) is 2. The predicted octanol–water partition coefficient (Wildman–Crippen LogP) is 3.93. The fourth-order valence-corrected chi connectivity index (χ4v) is 3.55. The summed E-state index contributed by atoms with van der Waals surface area (Å²) >= 11 is 11.4. The number of carbonyl (C=O) groups excluding carboxylic acids is 1. The molecule has 1 fully saturated rings. The molecule has 144 valence electrons. The highest BCUT2D eigenvalue weighted by molar-refractivity contribution is 7.80. The Morgan fingerprint density at radius 1 is 1.46 bits per heavy atom. The Kier molecular flexibility index (Phi) is 8.62. The van der Waals surface area contributed by atoms with Gasteiger partial charge in [0.15, 0.2) is 5.11 Å². The molecule has 0 spiro atoms. The van der Waals surface area contributed by atoms with Gasteiger partial charge in [0.05, 0.1) is 17.2 Å². The van der Waals surface area contributed by atoms with E-state index in [1.54, 1.807) is 25.1 Å². The summed E-state index contributed by atoms with van der Waals surface area (Å²) in [6.07, 6.45) is 3.69. The maximum atomic E-state index is 11.9. The number of rotatable bonds is 7. The largest absolute Gasteiger partial charge is 0.462 e. The summed E-state index contributed by atoms with van der Waals surface area (Å²) in [7, 11) is 0. The van der Waals surface area contributed by atoms with E-state index in [1.807, 2.05) is 0 Å². The van der Waals surface area contributed by atoms with Gasteiger partial charge >= 0.3 is 5.97 Å². The Labute approximate surface area is 166 Å². The van der Waals surface area contributed by atoms with Crippen molar-refractivity contribution in [2.45, 2.75) is 33.1 Å². The molecule has 0 aliphatic carbocycles. The lowest BCUT2D eigenvalue weighted by molar-refractivity contribution is 0.0526. The van der Waals surface area contributed by atoms with Gasteiger partial charge in [-0.15, -0.1) is 0 Å². The van der Waals surface area contributed by atoms with Crippen LogP contribution in [0, 0.1) is 5.92 Å². The van der Waals surface area contributed by atoms with Gasteiger partial charge in [0.1, 0.15) is 0 Å². The maximum absolute atomic E-state index is 11.9. The number of nitrogens with zero attached hydrogens (tertiary/aromatic N) is 1. The first-order valence-electron chi connectivity index (χ1n) is 9.23. The van der Waals surface area contributed by atoms with Gasteiger partial charge in [-0.25, -0.2) is 4.79 Å². The van der Waals surface area contributed by atoms with E-state index >= 15 is 0 Å². The van der Waals surface area contributed by atoms with E-state index in [4.69, 9.17) is 28.6 Å². The minimum absolute atomic E-state index is 0.308. The first-order valence-corrected chi connectivity index (χ1v) is 10.0. The summed E-state index contributed by atoms with van der Waals surface area (Å²) < 4.78 is 5.01. The summed E-state index contributed by atoms with van der Waals surface area (Å²) in [4.78, 5) is 14.4. The van der Waals surface area contributed by atoms with Crippen LogP contribution in [-0.2, 0) is 4.74 Å². The summed E-state index contributed by atoms with van der Waals surface area (Å²) in [5.74, 6) is 0.369. The van der Waals surface area contributed by atoms with Crippen molar-refractivity contribution in [1.82, 2.24) is 10.2 Å². The van der Waals surface area contributed by atoms with E-state index in [-0.39, 0.29) is 0 Å². The monoisotopic (exact) mass is 397 g/mol. The number of esters is 1. The van der Waals surface area contributed by atoms with Crippen LogP contribution < -0.4 is 10.6 Å². The van der Waals surface area contributed by atoms with Crippen molar-refractivity contribution in [3.63, 3.8) is 0 Å². The molecule has 1 atom stereocenters. The third-order valence-corrected chi connectivity index (χ3v) is 4.97. The highest BCUT2D eigenvalue weighted by Crippen LogP contribution is 2.21. The quantitative estimate of drug-likeness (QED) is 0.413. The molecule has 2 rings (SSSR count). The smallest absolute Gasteiger partial charge is 0.339 e. The molecule has 2 N–H and O–H groups in total. The molecule has 1 aromatic carbocycles. The molecule has 1 aliphatic heterocycles. The van der Waals surface area contributed by atoms with Crippen molar-refractivity contribution >= 4 is 40.6 Å². The first kappa shape index (κ1) is 20.9. The Bertz CT molecular complexity index is 627. The van der Waals surface area contributed by atoms with Gasteiger partial charge < -0.3 is 20.3 Å². The van der Waals surface area contributed by atoms with E-state index in [2.05, 4.69) is 22.5 Å². The topological polar surface area (TPSA) is 53.6 Å². The van der Waals surface area contributed by atoms with Crippen molar-refractivity contribution in [3.8, 4) is 0 Å². The Balaban J connectivity index is 1.75. The van der Waals surface area contributed by atoms with Gasteiger partial charge in [0.2, 0.25) is 0 Å². The van der Waals surface area contributed by atoms with Crippen LogP contribution in [0.2, 0.25) is 5.02 Å². The van der Waals surface area contributed by atoms with Crippen LogP contribution in [-0.4, -0.2) is 48.8 Å². The molecule has 0 saturated carbocycles.